The van der Waals surface area contributed by atoms with Gasteiger partial charge in [-0.3, -0.25) is 4.79 Å². The van der Waals surface area contributed by atoms with Crippen molar-refractivity contribution in [3.8, 4) is 11.1 Å². The average Bonchev–Trinajstić information content (AvgIpc) is 2.93. The molecule has 0 bridgehead atoms. The summed E-state index contributed by atoms with van der Waals surface area (Å²) in [4.78, 5) is 11.2. The van der Waals surface area contributed by atoms with Crippen molar-refractivity contribution < 1.29 is 18.0 Å². The zero-order valence-corrected chi connectivity index (χ0v) is 14.2. The number of carbonyl (C=O) groups is 1. The number of aldehydes is 1. The number of hydrogen-bond donors (Lipinski definition) is 0. The molecule has 0 spiro atoms. The highest BCUT2D eigenvalue weighted by Crippen LogP contribution is 2.47. The van der Waals surface area contributed by atoms with E-state index in [4.69, 9.17) is 0 Å². The molecule has 1 aliphatic rings. The molecule has 0 radical (unpaired) electrons. The van der Waals surface area contributed by atoms with Crippen molar-refractivity contribution in [3.05, 3.63) is 65.0 Å². The highest BCUT2D eigenvalue weighted by Gasteiger charge is 2.30. The highest BCUT2D eigenvalue weighted by atomic mass is 19.3. The molecule has 1 nitrogen and oxygen atoms in total. The second-order valence-corrected chi connectivity index (χ2v) is 7.00. The lowest BCUT2D eigenvalue weighted by Crippen LogP contribution is -2.10. The van der Waals surface area contributed by atoms with Gasteiger partial charge in [0.05, 0.1) is 0 Å². The first-order chi connectivity index (χ1) is 11.8. The molecule has 0 aromatic heterocycles. The number of benzene rings is 2. The lowest BCUT2D eigenvalue weighted by molar-refractivity contribution is 0.112. The van der Waals surface area contributed by atoms with Gasteiger partial charge in [-0.1, -0.05) is 38.1 Å². The van der Waals surface area contributed by atoms with E-state index in [1.165, 1.54) is 6.07 Å². The van der Waals surface area contributed by atoms with E-state index in [0.717, 1.165) is 42.4 Å². The van der Waals surface area contributed by atoms with Crippen molar-refractivity contribution in [2.45, 2.75) is 33.1 Å². The van der Waals surface area contributed by atoms with Crippen LogP contribution in [0.25, 0.3) is 16.7 Å². The number of allylic oxidation sites excluding steroid dienone is 2. The van der Waals surface area contributed by atoms with E-state index in [0.29, 0.717) is 11.1 Å². The van der Waals surface area contributed by atoms with Gasteiger partial charge in [0.1, 0.15) is 12.1 Å². The van der Waals surface area contributed by atoms with E-state index in [2.05, 4.69) is 19.9 Å². The molecule has 0 amide bonds. The third-order valence-electron chi connectivity index (χ3n) is 4.85. The molecular weight excluding hydrogens is 325 g/mol. The van der Waals surface area contributed by atoms with Gasteiger partial charge in [-0.2, -0.15) is 0 Å². The third kappa shape index (κ3) is 3.26. The maximum Gasteiger partial charge on any atom is 0.263 e. The molecule has 130 valence electrons. The molecule has 25 heavy (non-hydrogen) atoms. The maximum absolute atomic E-state index is 14.4. The topological polar surface area (TPSA) is 17.1 Å². The number of carbonyl (C=O) groups excluding carboxylic acids is 1. The van der Waals surface area contributed by atoms with E-state index < -0.39 is 12.2 Å². The van der Waals surface area contributed by atoms with E-state index in [-0.39, 0.29) is 16.5 Å². The first kappa shape index (κ1) is 17.5. The molecular formula is C21H19F3O. The van der Waals surface area contributed by atoms with E-state index in [1.807, 2.05) is 0 Å². The second kappa shape index (κ2) is 6.51. The molecule has 4 heteroatoms. The summed E-state index contributed by atoms with van der Waals surface area (Å²) in [6, 6.07) is 8.31. The van der Waals surface area contributed by atoms with Crippen LogP contribution in [-0.2, 0) is 0 Å². The Labute approximate surface area is 145 Å². The predicted molar refractivity (Wildman–Crippen MR) is 93.2 cm³/mol. The highest BCUT2D eigenvalue weighted by molar-refractivity contribution is 5.88. The smallest absolute Gasteiger partial charge is 0.263 e. The maximum atomic E-state index is 14.4. The minimum Gasteiger partial charge on any atom is -0.298 e. The summed E-state index contributed by atoms with van der Waals surface area (Å²) in [5.74, 6) is -0.555. The number of hydrogen-bond acceptors (Lipinski definition) is 1. The van der Waals surface area contributed by atoms with Crippen LogP contribution in [0.4, 0.5) is 13.2 Å². The minimum absolute atomic E-state index is 0.118. The van der Waals surface area contributed by atoms with Crippen LogP contribution in [0.5, 0.6) is 0 Å². The molecule has 0 N–H and O–H groups in total. The van der Waals surface area contributed by atoms with Gasteiger partial charge < -0.3 is 0 Å². The van der Waals surface area contributed by atoms with Crippen molar-refractivity contribution in [1.82, 2.24) is 0 Å². The van der Waals surface area contributed by atoms with Gasteiger partial charge in [0, 0.05) is 16.7 Å². The number of halogens is 3. The lowest BCUT2D eigenvalue weighted by Gasteiger charge is -2.25. The molecule has 1 aliphatic carbocycles. The summed E-state index contributed by atoms with van der Waals surface area (Å²) in [6.45, 7) is 4.18. The molecule has 0 unspecified atom stereocenters. The molecule has 2 aromatic carbocycles. The summed E-state index contributed by atoms with van der Waals surface area (Å²) >= 11 is 0. The Bertz CT molecular complexity index is 850. The second-order valence-electron chi connectivity index (χ2n) is 7.00. The fraction of sp³-hybridized carbons (Fsp3) is 0.286. The Kier molecular flexibility index (Phi) is 4.55. The Morgan fingerprint density at radius 1 is 1.04 bits per heavy atom. The quantitative estimate of drug-likeness (QED) is 0.583. The number of rotatable bonds is 4. The molecule has 2 aromatic rings. The van der Waals surface area contributed by atoms with Gasteiger partial charge in [-0.25, -0.2) is 13.2 Å². The minimum atomic E-state index is -2.67. The fourth-order valence-electron chi connectivity index (χ4n) is 3.44. The van der Waals surface area contributed by atoms with Crippen LogP contribution < -0.4 is 0 Å². The van der Waals surface area contributed by atoms with Gasteiger partial charge in [0.2, 0.25) is 0 Å². The zero-order valence-electron chi connectivity index (χ0n) is 14.2. The Morgan fingerprint density at radius 3 is 2.40 bits per heavy atom. The Hall–Kier alpha value is -2.36. The molecule has 0 heterocycles. The van der Waals surface area contributed by atoms with Crippen LogP contribution in [0.3, 0.4) is 0 Å². The Morgan fingerprint density at radius 2 is 1.80 bits per heavy atom. The van der Waals surface area contributed by atoms with Crippen LogP contribution in [-0.4, -0.2) is 6.29 Å². The van der Waals surface area contributed by atoms with Crippen molar-refractivity contribution in [1.29, 1.82) is 0 Å². The molecule has 0 saturated heterocycles. The molecule has 0 saturated carbocycles. The monoisotopic (exact) mass is 344 g/mol. The Balaban J connectivity index is 2.24. The van der Waals surface area contributed by atoms with Gasteiger partial charge in [-0.05, 0) is 53.2 Å². The van der Waals surface area contributed by atoms with Gasteiger partial charge in [0.15, 0.2) is 0 Å². The van der Waals surface area contributed by atoms with Crippen molar-refractivity contribution in [2.24, 2.45) is 5.41 Å². The normalized spacial score (nSPS) is 16.2. The van der Waals surface area contributed by atoms with Crippen LogP contribution in [0.2, 0.25) is 0 Å². The van der Waals surface area contributed by atoms with Gasteiger partial charge in [-0.15, -0.1) is 0 Å². The molecule has 0 aliphatic heterocycles. The van der Waals surface area contributed by atoms with Crippen LogP contribution in [0.1, 0.15) is 54.6 Å². The summed E-state index contributed by atoms with van der Waals surface area (Å²) in [5.41, 5.74) is 2.56. The lowest BCUT2D eigenvalue weighted by atomic mass is 9.79. The third-order valence-corrected chi connectivity index (χ3v) is 4.85. The standard InChI is InChI=1S/C21H19F3O/c1-21(2)9-3-4-18(21)16-10-13(12-25)5-7-15(16)17-11-14(20(23)24)6-8-19(17)22/h4-8,10-12,20H,3,9H2,1-2H3. The summed E-state index contributed by atoms with van der Waals surface area (Å²) in [7, 11) is 0. The summed E-state index contributed by atoms with van der Waals surface area (Å²) < 4.78 is 40.5. The van der Waals surface area contributed by atoms with Crippen molar-refractivity contribution in [3.63, 3.8) is 0 Å². The van der Waals surface area contributed by atoms with Crippen molar-refractivity contribution >= 4 is 11.9 Å². The fourth-order valence-corrected chi connectivity index (χ4v) is 3.44. The van der Waals surface area contributed by atoms with E-state index in [1.54, 1.807) is 18.2 Å². The van der Waals surface area contributed by atoms with E-state index >= 15 is 0 Å². The van der Waals surface area contributed by atoms with E-state index in [9.17, 15) is 18.0 Å². The first-order valence-electron chi connectivity index (χ1n) is 8.22. The van der Waals surface area contributed by atoms with Crippen LogP contribution in [0.15, 0.2) is 42.5 Å². The van der Waals surface area contributed by atoms with Crippen LogP contribution >= 0.6 is 0 Å². The van der Waals surface area contributed by atoms with Crippen molar-refractivity contribution in [2.75, 3.05) is 0 Å². The largest absolute Gasteiger partial charge is 0.298 e. The number of alkyl halides is 2. The van der Waals surface area contributed by atoms with Gasteiger partial charge in [0.25, 0.3) is 6.43 Å². The molecule has 0 atom stereocenters. The summed E-state index contributed by atoms with van der Waals surface area (Å²) in [6.07, 6.45) is 2.00. The summed E-state index contributed by atoms with van der Waals surface area (Å²) in [5, 5.41) is 0. The molecule has 3 rings (SSSR count). The first-order valence-corrected chi connectivity index (χ1v) is 8.22. The zero-order chi connectivity index (χ0) is 18.2. The SMILES string of the molecule is CC1(C)CCC=C1c1cc(C=O)ccc1-c1cc(C(F)F)ccc1F. The average molecular weight is 344 g/mol. The van der Waals surface area contributed by atoms with Gasteiger partial charge >= 0.3 is 0 Å². The molecule has 0 fully saturated rings. The predicted octanol–water partition coefficient (Wildman–Crippen LogP) is 6.45. The van der Waals surface area contributed by atoms with Crippen LogP contribution in [0, 0.1) is 11.2 Å².